The van der Waals surface area contributed by atoms with E-state index in [1.54, 1.807) is 10.9 Å². The van der Waals surface area contributed by atoms with Crippen molar-refractivity contribution in [3.05, 3.63) is 52.6 Å². The first-order chi connectivity index (χ1) is 10.7. The number of hydrogen-bond acceptors (Lipinski definition) is 3. The van der Waals surface area contributed by atoms with Crippen LogP contribution < -0.4 is 10.9 Å². The third kappa shape index (κ3) is 3.45. The van der Waals surface area contributed by atoms with Crippen LogP contribution in [0.25, 0.3) is 10.9 Å². The molecule has 0 unspecified atom stereocenters. The Balaban J connectivity index is 1.66. The Labute approximate surface area is 130 Å². The van der Waals surface area contributed by atoms with Gasteiger partial charge in [-0.25, -0.2) is 4.98 Å². The predicted octanol–water partition coefficient (Wildman–Crippen LogP) is 2.88. The first-order valence-electron chi connectivity index (χ1n) is 8.09. The van der Waals surface area contributed by atoms with Crippen molar-refractivity contribution in [1.29, 1.82) is 0 Å². The molecule has 0 radical (unpaired) electrons. The smallest absolute Gasteiger partial charge is 0.261 e. The minimum absolute atomic E-state index is 0.0381. The van der Waals surface area contributed by atoms with E-state index in [0.717, 1.165) is 12.1 Å². The molecule has 1 aromatic heterocycles. The fraction of sp³-hybridized carbons (Fsp3) is 0.444. The molecule has 0 aliphatic heterocycles. The van der Waals surface area contributed by atoms with Crippen LogP contribution in [-0.2, 0) is 6.54 Å². The zero-order valence-electron chi connectivity index (χ0n) is 13.1. The maximum atomic E-state index is 12.5. The van der Waals surface area contributed by atoms with E-state index in [1.807, 2.05) is 24.3 Å². The lowest BCUT2D eigenvalue weighted by atomic mass is 9.99. The number of aromatic nitrogens is 2. The van der Waals surface area contributed by atoms with Crippen molar-refractivity contribution in [3.8, 4) is 0 Å². The summed E-state index contributed by atoms with van der Waals surface area (Å²) in [5.41, 5.74) is 2.30. The fourth-order valence-corrected chi connectivity index (χ4v) is 2.97. The molecular weight excluding hydrogens is 274 g/mol. The van der Waals surface area contributed by atoms with Crippen LogP contribution in [0, 0.1) is 0 Å². The van der Waals surface area contributed by atoms with Crippen molar-refractivity contribution in [1.82, 2.24) is 14.9 Å². The van der Waals surface area contributed by atoms with E-state index in [0.29, 0.717) is 11.9 Å². The Morgan fingerprint density at radius 2 is 2.18 bits per heavy atom. The molecular formula is C18H23N3O. The van der Waals surface area contributed by atoms with Crippen molar-refractivity contribution < 1.29 is 0 Å². The van der Waals surface area contributed by atoms with Crippen molar-refractivity contribution in [2.75, 3.05) is 6.54 Å². The molecule has 2 aromatic rings. The van der Waals surface area contributed by atoms with Crippen LogP contribution in [0.1, 0.15) is 32.6 Å². The summed E-state index contributed by atoms with van der Waals surface area (Å²) in [6.45, 7) is 3.69. The third-order valence-electron chi connectivity index (χ3n) is 4.26. The molecule has 1 aromatic carbocycles. The number of allylic oxidation sites excluding steroid dienone is 1. The van der Waals surface area contributed by atoms with Gasteiger partial charge in [-0.3, -0.25) is 9.36 Å². The van der Waals surface area contributed by atoms with Gasteiger partial charge in [0.05, 0.1) is 17.2 Å². The summed E-state index contributed by atoms with van der Waals surface area (Å²) >= 11 is 0. The van der Waals surface area contributed by atoms with Crippen LogP contribution in [0.3, 0.4) is 0 Å². The molecule has 116 valence electrons. The maximum Gasteiger partial charge on any atom is 0.261 e. The standard InChI is InChI=1S/C18H23N3O/c1-14(19-11-15-7-3-2-4-8-15)12-21-13-20-17-10-6-5-9-16(17)18(21)22/h5-7,9-10,13-14,19H,2-4,8,11-12H2,1H3/t14-/m1/s1. The lowest BCUT2D eigenvalue weighted by molar-refractivity contribution is 0.478. The molecule has 0 bridgehead atoms. The van der Waals surface area contributed by atoms with Crippen LogP contribution in [0.4, 0.5) is 0 Å². The quantitative estimate of drug-likeness (QED) is 0.863. The van der Waals surface area contributed by atoms with E-state index in [1.165, 1.54) is 31.3 Å². The Morgan fingerprint density at radius 1 is 1.32 bits per heavy atom. The van der Waals surface area contributed by atoms with Crippen LogP contribution in [0.15, 0.2) is 47.0 Å². The third-order valence-corrected chi connectivity index (χ3v) is 4.26. The first kappa shape index (κ1) is 15.0. The van der Waals surface area contributed by atoms with Gasteiger partial charge in [0.15, 0.2) is 0 Å². The number of nitrogens with zero attached hydrogens (tertiary/aromatic N) is 2. The Hall–Kier alpha value is -1.94. The second-order valence-corrected chi connectivity index (χ2v) is 6.11. The molecule has 4 nitrogen and oxygen atoms in total. The summed E-state index contributed by atoms with van der Waals surface area (Å²) in [6, 6.07) is 7.74. The van der Waals surface area contributed by atoms with Gasteiger partial charge in [0.2, 0.25) is 0 Å². The van der Waals surface area contributed by atoms with E-state index in [4.69, 9.17) is 0 Å². The average molecular weight is 297 g/mol. The van der Waals surface area contributed by atoms with Gasteiger partial charge in [0.1, 0.15) is 0 Å². The van der Waals surface area contributed by atoms with Gasteiger partial charge < -0.3 is 5.32 Å². The maximum absolute atomic E-state index is 12.5. The van der Waals surface area contributed by atoms with Crippen LogP contribution in [-0.4, -0.2) is 22.1 Å². The van der Waals surface area contributed by atoms with Crippen LogP contribution >= 0.6 is 0 Å². The summed E-state index contributed by atoms with van der Waals surface area (Å²) in [5.74, 6) is 0. The summed E-state index contributed by atoms with van der Waals surface area (Å²) in [5, 5.41) is 4.21. The minimum Gasteiger partial charge on any atom is -0.309 e. The lowest BCUT2D eigenvalue weighted by Crippen LogP contribution is -2.35. The van der Waals surface area contributed by atoms with E-state index in [2.05, 4.69) is 23.3 Å². The summed E-state index contributed by atoms with van der Waals surface area (Å²) in [7, 11) is 0. The number of hydrogen-bond donors (Lipinski definition) is 1. The van der Waals surface area contributed by atoms with Gasteiger partial charge >= 0.3 is 0 Å². The minimum atomic E-state index is 0.0381. The highest BCUT2D eigenvalue weighted by Crippen LogP contribution is 2.16. The highest BCUT2D eigenvalue weighted by atomic mass is 16.1. The summed E-state index contributed by atoms with van der Waals surface area (Å²) in [6.07, 6.45) is 9.04. The topological polar surface area (TPSA) is 46.9 Å². The van der Waals surface area contributed by atoms with Gasteiger partial charge in [-0.1, -0.05) is 23.8 Å². The van der Waals surface area contributed by atoms with Crippen molar-refractivity contribution in [2.24, 2.45) is 0 Å². The monoisotopic (exact) mass is 297 g/mol. The van der Waals surface area contributed by atoms with Gasteiger partial charge in [-0.05, 0) is 44.7 Å². The van der Waals surface area contributed by atoms with Gasteiger partial charge in [0.25, 0.3) is 5.56 Å². The van der Waals surface area contributed by atoms with Crippen molar-refractivity contribution >= 4 is 10.9 Å². The number of para-hydroxylation sites is 1. The molecule has 0 saturated carbocycles. The zero-order chi connectivity index (χ0) is 15.4. The van der Waals surface area contributed by atoms with Crippen molar-refractivity contribution in [3.63, 3.8) is 0 Å². The molecule has 1 N–H and O–H groups in total. The molecule has 1 atom stereocenters. The lowest BCUT2D eigenvalue weighted by Gasteiger charge is -2.18. The zero-order valence-corrected chi connectivity index (χ0v) is 13.1. The molecule has 1 aliphatic carbocycles. The van der Waals surface area contributed by atoms with Crippen molar-refractivity contribution in [2.45, 2.75) is 45.2 Å². The SMILES string of the molecule is C[C@H](Cn1cnc2ccccc2c1=O)NCC1=CCCCC1. The van der Waals surface area contributed by atoms with Gasteiger partial charge in [-0.15, -0.1) is 0 Å². The second kappa shape index (κ2) is 6.88. The number of fused-ring (bicyclic) bond motifs is 1. The van der Waals surface area contributed by atoms with E-state index >= 15 is 0 Å². The molecule has 4 heteroatoms. The molecule has 0 saturated heterocycles. The number of benzene rings is 1. The molecule has 0 amide bonds. The molecule has 22 heavy (non-hydrogen) atoms. The number of rotatable bonds is 5. The molecule has 0 fully saturated rings. The van der Waals surface area contributed by atoms with E-state index in [-0.39, 0.29) is 11.6 Å². The summed E-state index contributed by atoms with van der Waals surface area (Å²) in [4.78, 5) is 16.8. The predicted molar refractivity (Wildman–Crippen MR) is 90.0 cm³/mol. The fourth-order valence-electron chi connectivity index (χ4n) is 2.97. The largest absolute Gasteiger partial charge is 0.309 e. The van der Waals surface area contributed by atoms with Gasteiger partial charge in [0, 0.05) is 19.1 Å². The second-order valence-electron chi connectivity index (χ2n) is 6.11. The first-order valence-corrected chi connectivity index (χ1v) is 8.09. The average Bonchev–Trinajstić information content (AvgIpc) is 2.57. The van der Waals surface area contributed by atoms with Crippen LogP contribution in [0.2, 0.25) is 0 Å². The van der Waals surface area contributed by atoms with Crippen LogP contribution in [0.5, 0.6) is 0 Å². The van der Waals surface area contributed by atoms with Gasteiger partial charge in [-0.2, -0.15) is 0 Å². The Kier molecular flexibility index (Phi) is 4.68. The van der Waals surface area contributed by atoms with E-state index in [9.17, 15) is 4.79 Å². The molecule has 1 heterocycles. The highest BCUT2D eigenvalue weighted by Gasteiger charge is 2.09. The highest BCUT2D eigenvalue weighted by molar-refractivity contribution is 5.76. The number of nitrogens with one attached hydrogen (secondary N) is 1. The molecule has 0 spiro atoms. The summed E-state index contributed by atoms with van der Waals surface area (Å²) < 4.78 is 1.70. The molecule has 1 aliphatic rings. The Bertz CT molecular complexity index is 732. The normalized spacial score (nSPS) is 16.5. The Morgan fingerprint density at radius 3 is 3.00 bits per heavy atom. The molecule has 3 rings (SSSR count). The van der Waals surface area contributed by atoms with E-state index < -0.39 is 0 Å².